The van der Waals surface area contributed by atoms with Crippen LogP contribution in [0.15, 0.2) is 46.1 Å². The normalized spacial score (nSPS) is 13.0. The molecule has 1 unspecified atom stereocenters. The van der Waals surface area contributed by atoms with Crippen molar-refractivity contribution in [3.8, 4) is 0 Å². The molecule has 0 aliphatic heterocycles. The van der Waals surface area contributed by atoms with Crippen LogP contribution in [-0.4, -0.2) is 66.0 Å². The van der Waals surface area contributed by atoms with E-state index < -0.39 is 6.10 Å². The molecule has 25 heavy (non-hydrogen) atoms. The highest BCUT2D eigenvalue weighted by molar-refractivity contribution is 8.02. The first-order valence-corrected chi connectivity index (χ1v) is 9.57. The Balaban J connectivity index is 2.34. The second-order valence-corrected chi connectivity index (χ2v) is 6.27. The second kappa shape index (κ2) is 14.1. The van der Waals surface area contributed by atoms with E-state index in [1.165, 1.54) is 11.8 Å². The molecule has 0 aliphatic carbocycles. The average molecular weight is 390 g/mol. The average Bonchev–Trinajstić information content (AvgIpc) is 2.64. The highest BCUT2D eigenvalue weighted by Gasteiger charge is 2.04. The molecule has 1 aromatic carbocycles. The van der Waals surface area contributed by atoms with Gasteiger partial charge in [-0.15, -0.1) is 23.4 Å². The molecule has 0 saturated heterocycles. The van der Waals surface area contributed by atoms with Crippen molar-refractivity contribution in [2.75, 3.05) is 49.5 Å². The van der Waals surface area contributed by atoms with Crippen molar-refractivity contribution >= 4 is 34.7 Å². The fraction of sp³-hybridized carbons (Fsp3) is 0.500. The maximum absolute atomic E-state index is 9.27. The number of alkyl halides is 1. The van der Waals surface area contributed by atoms with Crippen molar-refractivity contribution in [2.45, 2.75) is 6.10 Å². The van der Waals surface area contributed by atoms with Crippen molar-refractivity contribution in [3.63, 3.8) is 0 Å². The summed E-state index contributed by atoms with van der Waals surface area (Å²) in [5, 5.41) is 39.4. The van der Waals surface area contributed by atoms with Gasteiger partial charge in [0.15, 0.2) is 0 Å². The molecule has 0 aliphatic rings. The van der Waals surface area contributed by atoms with E-state index in [4.69, 9.17) is 21.8 Å². The van der Waals surface area contributed by atoms with Crippen LogP contribution in [0.5, 0.6) is 0 Å². The summed E-state index contributed by atoms with van der Waals surface area (Å²) in [5.74, 6) is 0.744. The minimum Gasteiger partial charge on any atom is -0.395 e. The van der Waals surface area contributed by atoms with E-state index >= 15 is 0 Å². The van der Waals surface area contributed by atoms with E-state index in [0.717, 1.165) is 11.4 Å². The van der Waals surface area contributed by atoms with Gasteiger partial charge in [0.25, 0.3) is 0 Å². The Morgan fingerprint density at radius 1 is 1.20 bits per heavy atom. The number of rotatable bonds is 13. The van der Waals surface area contributed by atoms with Gasteiger partial charge in [-0.3, -0.25) is 0 Å². The fourth-order valence-electron chi connectivity index (χ4n) is 1.94. The first-order chi connectivity index (χ1) is 12.2. The molecule has 140 valence electrons. The Hall–Kier alpha value is -1.16. The fourth-order valence-corrected chi connectivity index (χ4v) is 2.50. The summed E-state index contributed by atoms with van der Waals surface area (Å²) in [6, 6.07) is 7.48. The van der Waals surface area contributed by atoms with Crippen LogP contribution in [0.3, 0.4) is 0 Å². The van der Waals surface area contributed by atoms with Crippen LogP contribution in [0.1, 0.15) is 0 Å². The molecule has 9 heteroatoms. The quantitative estimate of drug-likeness (QED) is 0.228. The molecule has 1 atom stereocenters. The summed E-state index contributed by atoms with van der Waals surface area (Å²) in [6.45, 7) is 1.56. The van der Waals surface area contributed by atoms with E-state index in [9.17, 15) is 5.11 Å². The smallest absolute Gasteiger partial charge is 0.117 e. The SMILES string of the molecule is OCCN(CCO)c1ccc(N=NCS/C=C\[NH2+]CC(O)CCl)cc1. The lowest BCUT2D eigenvalue weighted by Crippen LogP contribution is -2.80. The van der Waals surface area contributed by atoms with E-state index in [0.29, 0.717) is 25.5 Å². The van der Waals surface area contributed by atoms with Crippen LogP contribution in [0.2, 0.25) is 0 Å². The van der Waals surface area contributed by atoms with Crippen molar-refractivity contribution in [1.82, 2.24) is 0 Å². The van der Waals surface area contributed by atoms with Crippen LogP contribution in [0.4, 0.5) is 11.4 Å². The number of hydrogen-bond acceptors (Lipinski definition) is 7. The molecule has 0 bridgehead atoms. The number of azo groups is 1. The number of aliphatic hydroxyl groups is 3. The number of nitrogens with two attached hydrogens (primary N) is 1. The molecular weight excluding hydrogens is 364 g/mol. The van der Waals surface area contributed by atoms with E-state index in [1.54, 1.807) is 0 Å². The summed E-state index contributed by atoms with van der Waals surface area (Å²) in [4.78, 5) is 1.90. The van der Waals surface area contributed by atoms with Gasteiger partial charge in [-0.25, -0.2) is 0 Å². The standard InChI is InChI=1S/C16H25ClN4O3S/c17-11-16(24)12-18-5-10-25-13-19-20-14-1-3-15(4-2-14)21(6-8-22)7-9-23/h1-5,10,16,18,22-24H,6-9,11-13H2/p+1/b10-5-,20-19?. The highest BCUT2D eigenvalue weighted by atomic mass is 35.5. The van der Waals surface area contributed by atoms with Crippen LogP contribution < -0.4 is 10.2 Å². The molecule has 0 heterocycles. The predicted octanol–water partition coefficient (Wildman–Crippen LogP) is 0.886. The minimum absolute atomic E-state index is 0.0362. The summed E-state index contributed by atoms with van der Waals surface area (Å²) < 4.78 is 0. The second-order valence-electron chi connectivity index (χ2n) is 5.10. The summed E-state index contributed by atoms with van der Waals surface area (Å²) in [6.07, 6.45) is 1.37. The molecule has 1 aromatic rings. The monoisotopic (exact) mass is 389 g/mol. The summed E-state index contributed by atoms with van der Waals surface area (Å²) in [5.41, 5.74) is 1.67. The lowest BCUT2D eigenvalue weighted by Gasteiger charge is -2.22. The van der Waals surface area contributed by atoms with Gasteiger partial charge in [0.2, 0.25) is 0 Å². The van der Waals surface area contributed by atoms with Crippen molar-refractivity contribution in [1.29, 1.82) is 0 Å². The van der Waals surface area contributed by atoms with Gasteiger partial charge < -0.3 is 25.5 Å². The van der Waals surface area contributed by atoms with E-state index in [2.05, 4.69) is 10.2 Å². The molecule has 0 saturated carbocycles. The third kappa shape index (κ3) is 9.78. The summed E-state index contributed by atoms with van der Waals surface area (Å²) in [7, 11) is 0. The maximum Gasteiger partial charge on any atom is 0.117 e. The molecule has 5 N–H and O–H groups in total. The molecule has 0 amide bonds. The van der Waals surface area contributed by atoms with E-state index in [1.807, 2.05) is 46.1 Å². The van der Waals surface area contributed by atoms with Crippen LogP contribution >= 0.6 is 23.4 Å². The van der Waals surface area contributed by atoms with Crippen LogP contribution in [0.25, 0.3) is 0 Å². The van der Waals surface area contributed by atoms with Crippen molar-refractivity contribution in [2.24, 2.45) is 10.2 Å². The number of quaternary nitrogens is 1. The maximum atomic E-state index is 9.27. The lowest BCUT2D eigenvalue weighted by molar-refractivity contribution is -0.594. The number of nitrogens with zero attached hydrogens (tertiary/aromatic N) is 3. The molecule has 1 rings (SSSR count). The number of benzene rings is 1. The van der Waals surface area contributed by atoms with Gasteiger partial charge in [0, 0.05) is 24.2 Å². The topological polar surface area (TPSA) is 105 Å². The number of halogens is 1. The Labute approximate surface area is 157 Å². The molecule has 0 fully saturated rings. The highest BCUT2D eigenvalue weighted by Crippen LogP contribution is 2.20. The van der Waals surface area contributed by atoms with Crippen LogP contribution in [0, 0.1) is 0 Å². The zero-order chi connectivity index (χ0) is 18.3. The lowest BCUT2D eigenvalue weighted by atomic mass is 10.2. The molecule has 7 nitrogen and oxygen atoms in total. The van der Waals surface area contributed by atoms with Crippen molar-refractivity contribution in [3.05, 3.63) is 35.9 Å². The van der Waals surface area contributed by atoms with Crippen molar-refractivity contribution < 1.29 is 20.6 Å². The Bertz CT molecular complexity index is 511. The molecule has 0 aromatic heterocycles. The van der Waals surface area contributed by atoms with Crippen LogP contribution in [-0.2, 0) is 0 Å². The molecule has 0 radical (unpaired) electrons. The van der Waals surface area contributed by atoms with Gasteiger partial charge in [-0.1, -0.05) is 0 Å². The Morgan fingerprint density at radius 3 is 2.48 bits per heavy atom. The predicted molar refractivity (Wildman–Crippen MR) is 102 cm³/mol. The minimum atomic E-state index is -0.496. The summed E-state index contributed by atoms with van der Waals surface area (Å²) >= 11 is 7.00. The third-order valence-corrected chi connectivity index (χ3v) is 4.14. The largest absolute Gasteiger partial charge is 0.395 e. The zero-order valence-electron chi connectivity index (χ0n) is 14.0. The first kappa shape index (κ1) is 21.9. The van der Waals surface area contributed by atoms with Gasteiger partial charge in [0.05, 0.1) is 31.0 Å². The molecule has 0 spiro atoms. The third-order valence-electron chi connectivity index (χ3n) is 3.17. The Morgan fingerprint density at radius 2 is 1.88 bits per heavy atom. The number of thioether (sulfide) groups is 1. The first-order valence-electron chi connectivity index (χ1n) is 7.99. The van der Waals surface area contributed by atoms with Gasteiger partial charge in [-0.2, -0.15) is 10.2 Å². The number of aliphatic hydroxyl groups excluding tert-OH is 3. The van der Waals surface area contributed by atoms with E-state index in [-0.39, 0.29) is 19.1 Å². The number of hydrogen-bond donors (Lipinski definition) is 4. The van der Waals surface area contributed by atoms with Gasteiger partial charge in [0.1, 0.15) is 18.5 Å². The Kier molecular flexibility index (Phi) is 12.3. The van der Waals surface area contributed by atoms with Gasteiger partial charge in [-0.05, 0) is 24.3 Å². The molecular formula is C16H26ClN4O3S+. The zero-order valence-corrected chi connectivity index (χ0v) is 15.6. The number of anilines is 1. The van der Waals surface area contributed by atoms with Gasteiger partial charge >= 0.3 is 0 Å².